The van der Waals surface area contributed by atoms with Crippen LogP contribution in [0.3, 0.4) is 0 Å². The summed E-state index contributed by atoms with van der Waals surface area (Å²) in [7, 11) is -4.14. The number of hydrogen-bond donors (Lipinski definition) is 0. The van der Waals surface area contributed by atoms with E-state index in [1.54, 1.807) is 24.3 Å². The molecule has 0 saturated carbocycles. The van der Waals surface area contributed by atoms with Gasteiger partial charge in [-0.05, 0) is 54.6 Å². The number of benzene rings is 2. The first-order chi connectivity index (χ1) is 13.5. The number of halogens is 1. The van der Waals surface area contributed by atoms with Crippen LogP contribution in [0, 0.1) is 0 Å². The Morgan fingerprint density at radius 3 is 2.10 bits per heavy atom. The molecule has 1 aliphatic heterocycles. The van der Waals surface area contributed by atoms with Crippen LogP contribution in [-0.4, -0.2) is 52.9 Å². The molecule has 1 heterocycles. The Hall–Kier alpha value is -2.01. The summed E-state index contributed by atoms with van der Waals surface area (Å²) in [5, 5.41) is 1.11. The summed E-state index contributed by atoms with van der Waals surface area (Å²) in [4.78, 5) is 14.7. The van der Waals surface area contributed by atoms with Gasteiger partial charge in [0.15, 0.2) is 9.84 Å². The Labute approximate surface area is 178 Å². The van der Waals surface area contributed by atoms with Crippen LogP contribution in [0.1, 0.15) is 10.4 Å². The van der Waals surface area contributed by atoms with E-state index in [4.69, 9.17) is 0 Å². The lowest BCUT2D eigenvalue weighted by Gasteiger charge is -2.28. The van der Waals surface area contributed by atoms with Gasteiger partial charge in [-0.15, -0.1) is 0 Å². The van der Waals surface area contributed by atoms with Crippen LogP contribution in [0.25, 0.3) is 0 Å². The molecule has 2 aromatic rings. The molecule has 0 aliphatic carbocycles. The third-order valence-corrected chi connectivity index (χ3v) is 8.18. The van der Waals surface area contributed by atoms with E-state index in [0.717, 1.165) is 14.2 Å². The molecule has 7 nitrogen and oxygen atoms in total. The average molecular weight is 499 g/mol. The highest BCUT2D eigenvalue weighted by Gasteiger charge is 2.32. The second kappa shape index (κ2) is 8.02. The molecule has 0 bridgehead atoms. The van der Waals surface area contributed by atoms with Crippen molar-refractivity contribution >= 4 is 47.4 Å². The van der Waals surface area contributed by atoms with Crippen LogP contribution in [-0.2, 0) is 19.9 Å². The molecule has 1 amide bonds. The maximum atomic E-state index is 13.2. The van der Waals surface area contributed by atoms with Gasteiger partial charge in [0, 0.05) is 35.2 Å². The summed E-state index contributed by atoms with van der Waals surface area (Å²) >= 11 is 3.34. The van der Waals surface area contributed by atoms with E-state index in [1.807, 2.05) is 0 Å². The van der Waals surface area contributed by atoms with Crippen LogP contribution in [0.4, 0.5) is 5.69 Å². The quantitative estimate of drug-likeness (QED) is 0.631. The Balaban J connectivity index is 1.99. The third-order valence-electron chi connectivity index (χ3n) is 4.45. The first-order valence-electron chi connectivity index (χ1n) is 8.54. The molecule has 154 valence electrons. The molecule has 0 unspecified atom stereocenters. The first-order valence-corrected chi connectivity index (χ1v) is 12.5. The van der Waals surface area contributed by atoms with Gasteiger partial charge >= 0.3 is 0 Å². The van der Waals surface area contributed by atoms with Crippen molar-refractivity contribution in [2.24, 2.45) is 0 Å². The highest BCUT2D eigenvalue weighted by Crippen LogP contribution is 2.27. The number of sulfone groups is 1. The van der Waals surface area contributed by atoms with Crippen molar-refractivity contribution in [1.29, 1.82) is 0 Å². The van der Waals surface area contributed by atoms with Crippen LogP contribution < -0.4 is 4.90 Å². The monoisotopic (exact) mass is 498 g/mol. The first kappa shape index (κ1) is 21.7. The van der Waals surface area contributed by atoms with E-state index in [0.29, 0.717) is 5.69 Å². The maximum absolute atomic E-state index is 13.2. The molecule has 1 atom stereocenters. The summed E-state index contributed by atoms with van der Waals surface area (Å²) in [6, 6.07) is 11.9. The summed E-state index contributed by atoms with van der Waals surface area (Å²) in [5.74, 6) is -0.630. The second-order valence-electron chi connectivity index (χ2n) is 6.69. The van der Waals surface area contributed by atoms with Gasteiger partial charge < -0.3 is 4.90 Å². The number of amides is 1. The largest absolute Gasteiger partial charge is 0.300 e. The smallest absolute Gasteiger partial charge is 0.258 e. The summed E-state index contributed by atoms with van der Waals surface area (Å²) in [6.07, 6.45) is 1.49. The van der Waals surface area contributed by atoms with Gasteiger partial charge in [-0.25, -0.2) is 21.1 Å². The molecule has 29 heavy (non-hydrogen) atoms. The molecule has 2 aromatic carbocycles. The molecule has 0 fully saturated rings. The van der Waals surface area contributed by atoms with Gasteiger partial charge in [0.05, 0.1) is 16.7 Å². The van der Waals surface area contributed by atoms with E-state index in [2.05, 4.69) is 15.9 Å². The lowest BCUT2D eigenvalue weighted by Crippen LogP contribution is -2.41. The number of hydrogen-bond acceptors (Lipinski definition) is 5. The predicted octanol–water partition coefficient (Wildman–Crippen LogP) is 2.66. The van der Waals surface area contributed by atoms with Crippen LogP contribution in [0.15, 0.2) is 69.4 Å². The minimum absolute atomic E-state index is 0.0672. The minimum atomic E-state index is -3.61. The summed E-state index contributed by atoms with van der Waals surface area (Å²) < 4.78 is 50.2. The molecule has 3 rings (SSSR count). The van der Waals surface area contributed by atoms with Gasteiger partial charge in [0.25, 0.3) is 5.91 Å². The summed E-state index contributed by atoms with van der Waals surface area (Å²) in [5.41, 5.74) is 0.790. The van der Waals surface area contributed by atoms with Crippen LogP contribution in [0.5, 0.6) is 0 Å². The van der Waals surface area contributed by atoms with Crippen molar-refractivity contribution in [2.75, 3.05) is 24.7 Å². The van der Waals surface area contributed by atoms with Crippen molar-refractivity contribution in [3.8, 4) is 0 Å². The average Bonchev–Trinajstić information content (AvgIpc) is 3.02. The lowest BCUT2D eigenvalue weighted by atomic mass is 10.1. The molecular weight excluding hydrogens is 480 g/mol. The number of rotatable bonds is 5. The Morgan fingerprint density at radius 2 is 1.62 bits per heavy atom. The van der Waals surface area contributed by atoms with Crippen molar-refractivity contribution in [3.63, 3.8) is 0 Å². The third kappa shape index (κ3) is 4.61. The lowest BCUT2D eigenvalue weighted by molar-refractivity contribution is 0.0983. The fourth-order valence-electron chi connectivity index (χ4n) is 2.90. The van der Waals surface area contributed by atoms with Gasteiger partial charge in [-0.1, -0.05) is 15.9 Å². The zero-order valence-electron chi connectivity index (χ0n) is 15.7. The zero-order valence-corrected chi connectivity index (χ0v) is 18.9. The van der Waals surface area contributed by atoms with E-state index in [1.165, 1.54) is 49.3 Å². The topological polar surface area (TPSA) is 91.8 Å². The summed E-state index contributed by atoms with van der Waals surface area (Å²) in [6.45, 7) is 0. The van der Waals surface area contributed by atoms with Crippen LogP contribution >= 0.6 is 15.9 Å². The molecule has 0 saturated heterocycles. The van der Waals surface area contributed by atoms with E-state index >= 15 is 0 Å². The van der Waals surface area contributed by atoms with Crippen LogP contribution in [0.2, 0.25) is 0 Å². The highest BCUT2D eigenvalue weighted by molar-refractivity contribution is 9.10. The van der Waals surface area contributed by atoms with Crippen molar-refractivity contribution < 1.29 is 21.6 Å². The standard InChI is InChI=1S/C19H19BrN2O5S2/c1-21(2)29(26,27)18-9-3-14(4-10-18)19(23)22(16-7-5-15(20)6-8-16)17-11-12-28(24,25)13-17/h3-12,17H,13H2,1-2H3/t17-/m1/s1. The van der Waals surface area contributed by atoms with Gasteiger partial charge in [-0.2, -0.15) is 0 Å². The molecule has 1 aliphatic rings. The van der Waals surface area contributed by atoms with Crippen molar-refractivity contribution in [3.05, 3.63) is 70.1 Å². The zero-order chi connectivity index (χ0) is 21.4. The van der Waals surface area contributed by atoms with Crippen molar-refractivity contribution in [1.82, 2.24) is 4.31 Å². The Kier molecular flexibility index (Phi) is 6.00. The van der Waals surface area contributed by atoms with E-state index < -0.39 is 31.8 Å². The predicted molar refractivity (Wildman–Crippen MR) is 115 cm³/mol. The van der Waals surface area contributed by atoms with E-state index in [9.17, 15) is 21.6 Å². The normalized spacial score (nSPS) is 18.1. The fraction of sp³-hybridized carbons (Fsp3) is 0.211. The molecule has 0 radical (unpaired) electrons. The van der Waals surface area contributed by atoms with Crippen molar-refractivity contribution in [2.45, 2.75) is 10.9 Å². The van der Waals surface area contributed by atoms with Gasteiger partial charge in [-0.3, -0.25) is 4.79 Å². The Morgan fingerprint density at radius 1 is 1.03 bits per heavy atom. The number of carbonyl (C=O) groups excluding carboxylic acids is 1. The Bertz CT molecular complexity index is 1160. The second-order valence-corrected chi connectivity index (χ2v) is 11.7. The molecule has 0 N–H and O–H groups in total. The molecule has 0 aromatic heterocycles. The van der Waals surface area contributed by atoms with Gasteiger partial charge in [0.2, 0.25) is 10.0 Å². The number of anilines is 1. The number of carbonyl (C=O) groups is 1. The van der Waals surface area contributed by atoms with Gasteiger partial charge in [0.1, 0.15) is 0 Å². The highest BCUT2D eigenvalue weighted by atomic mass is 79.9. The molecule has 0 spiro atoms. The number of sulfonamides is 1. The molecular formula is C19H19BrN2O5S2. The fourth-order valence-corrected chi connectivity index (χ4v) is 5.33. The maximum Gasteiger partial charge on any atom is 0.258 e. The molecule has 10 heteroatoms. The minimum Gasteiger partial charge on any atom is -0.300 e. The van der Waals surface area contributed by atoms with E-state index in [-0.39, 0.29) is 16.2 Å². The SMILES string of the molecule is CN(C)S(=O)(=O)c1ccc(C(=O)N(c2ccc(Br)cc2)[C@@H]2C=CS(=O)(=O)C2)cc1. The number of nitrogens with zero attached hydrogens (tertiary/aromatic N) is 2.